The largest absolute Gasteiger partial charge is 0.497 e. The maximum atomic E-state index is 12.7. The van der Waals surface area contributed by atoms with Crippen molar-refractivity contribution in [3.8, 4) is 23.0 Å². The van der Waals surface area contributed by atoms with Crippen LogP contribution in [0.25, 0.3) is 0 Å². The predicted molar refractivity (Wildman–Crippen MR) is 266 cm³/mol. The average Bonchev–Trinajstić information content (AvgIpc) is 3.65. The van der Waals surface area contributed by atoms with Crippen LogP contribution in [0.1, 0.15) is 79.8 Å². The summed E-state index contributed by atoms with van der Waals surface area (Å²) in [5.74, 6) is 2.69. The highest BCUT2D eigenvalue weighted by molar-refractivity contribution is 6.21. The molecule has 1 heterocycles. The summed E-state index contributed by atoms with van der Waals surface area (Å²) in [5, 5.41) is 0. The van der Waals surface area contributed by atoms with Crippen LogP contribution in [0.3, 0.4) is 0 Å². The summed E-state index contributed by atoms with van der Waals surface area (Å²) in [6, 6.07) is 59.4. The van der Waals surface area contributed by atoms with Gasteiger partial charge in [-0.25, -0.2) is 0 Å². The van der Waals surface area contributed by atoms with E-state index in [1.54, 1.807) is 52.7 Å². The van der Waals surface area contributed by atoms with Crippen molar-refractivity contribution < 1.29 is 38.0 Å². The number of unbranched alkanes of at least 4 members (excludes halogenated alkanes) is 2. The van der Waals surface area contributed by atoms with Crippen LogP contribution >= 0.6 is 0 Å². The van der Waals surface area contributed by atoms with Crippen LogP contribution in [-0.2, 0) is 20.7 Å². The van der Waals surface area contributed by atoms with Gasteiger partial charge in [0, 0.05) is 19.8 Å². The van der Waals surface area contributed by atoms with Crippen molar-refractivity contribution in [1.29, 1.82) is 0 Å². The fourth-order valence-electron chi connectivity index (χ4n) is 8.66. The number of amides is 2. The second-order valence-electron chi connectivity index (χ2n) is 16.2. The normalized spacial score (nSPS) is 12.2. The molecule has 2 N–H and O–H groups in total. The molecule has 10 heteroatoms. The third kappa shape index (κ3) is 10.6. The molecule has 0 unspecified atom stereocenters. The summed E-state index contributed by atoms with van der Waals surface area (Å²) in [6.45, 7) is 2.02. The number of imide groups is 1. The highest BCUT2D eigenvalue weighted by atomic mass is 16.5. The monoisotopic (exact) mass is 912 g/mol. The number of methoxy groups -OCH3 is 4. The second-order valence-corrected chi connectivity index (χ2v) is 16.2. The van der Waals surface area contributed by atoms with Crippen LogP contribution in [0.2, 0.25) is 0 Å². The topological polar surface area (TPSA) is 119 Å². The first-order chi connectivity index (χ1) is 33.3. The van der Waals surface area contributed by atoms with Gasteiger partial charge in [0.25, 0.3) is 11.8 Å². The summed E-state index contributed by atoms with van der Waals surface area (Å²) in [5.41, 5.74) is 11.1. The van der Waals surface area contributed by atoms with Gasteiger partial charge in [-0.2, -0.15) is 0 Å². The number of carbonyl (C=O) groups excluding carboxylic acids is 2. The number of rotatable bonds is 21. The number of fused-ring (bicyclic) bond motifs is 1. The molecule has 0 spiro atoms. The number of nitrogens with zero attached hydrogens (tertiary/aromatic N) is 1. The lowest BCUT2D eigenvalue weighted by Crippen LogP contribution is -2.34. The fraction of sp³-hybridized carbons (Fsp3) is 0.241. The van der Waals surface area contributed by atoms with E-state index in [2.05, 4.69) is 48.5 Å². The van der Waals surface area contributed by atoms with Crippen molar-refractivity contribution in [2.45, 2.75) is 36.9 Å². The number of nitrogens with two attached hydrogens (primary N) is 1. The molecule has 7 aromatic carbocycles. The highest BCUT2D eigenvalue weighted by Crippen LogP contribution is 2.43. The fourth-order valence-corrected chi connectivity index (χ4v) is 8.66. The van der Waals surface area contributed by atoms with E-state index in [1.165, 1.54) is 4.90 Å². The minimum atomic E-state index is -0.894. The van der Waals surface area contributed by atoms with E-state index in [1.807, 2.05) is 109 Å². The zero-order chi connectivity index (χ0) is 47.8. The molecule has 0 bridgehead atoms. The molecule has 0 fully saturated rings. The van der Waals surface area contributed by atoms with Crippen molar-refractivity contribution >= 4 is 11.8 Å². The minimum absolute atomic E-state index is 0.230. The SMILES string of the molecule is COc1ccc(C(OCCCCN)(c2ccccc2)c2ccc(OC)cc2)cc1.COc1ccc(C(OCCCCN2C(=O)c3ccccc3C2=O)(c2ccccc2)c2ccc(OC)cc2)cc1. The van der Waals surface area contributed by atoms with Gasteiger partial charge < -0.3 is 34.2 Å². The second kappa shape index (κ2) is 23.5. The summed E-state index contributed by atoms with van der Waals surface area (Å²) < 4.78 is 35.1. The maximum Gasteiger partial charge on any atom is 0.261 e. The van der Waals surface area contributed by atoms with Crippen LogP contribution in [0.15, 0.2) is 182 Å². The Bertz CT molecular complexity index is 2530. The maximum absolute atomic E-state index is 12.7. The van der Waals surface area contributed by atoms with Gasteiger partial charge in [0.15, 0.2) is 0 Å². The van der Waals surface area contributed by atoms with Crippen molar-refractivity contribution in [3.63, 3.8) is 0 Å². The van der Waals surface area contributed by atoms with Gasteiger partial charge in [0.2, 0.25) is 0 Å². The lowest BCUT2D eigenvalue weighted by molar-refractivity contribution is 0.00994. The molecule has 0 radical (unpaired) electrons. The number of ether oxygens (including phenoxy) is 6. The molecule has 1 aliphatic rings. The Labute approximate surface area is 400 Å². The molecule has 0 aromatic heterocycles. The Morgan fingerprint density at radius 1 is 0.382 bits per heavy atom. The molecular weight excluding hydrogens is 853 g/mol. The molecule has 10 nitrogen and oxygen atoms in total. The molecule has 0 aliphatic carbocycles. The minimum Gasteiger partial charge on any atom is -0.497 e. The van der Waals surface area contributed by atoms with Crippen LogP contribution < -0.4 is 24.7 Å². The molecule has 68 heavy (non-hydrogen) atoms. The van der Waals surface area contributed by atoms with E-state index in [0.717, 1.165) is 69.2 Å². The molecule has 350 valence electrons. The van der Waals surface area contributed by atoms with E-state index in [-0.39, 0.29) is 11.8 Å². The Morgan fingerprint density at radius 3 is 0.985 bits per heavy atom. The smallest absolute Gasteiger partial charge is 0.261 e. The number of hydrogen-bond acceptors (Lipinski definition) is 9. The van der Waals surface area contributed by atoms with Gasteiger partial charge >= 0.3 is 0 Å². The van der Waals surface area contributed by atoms with Crippen molar-refractivity contribution in [2.75, 3.05) is 54.7 Å². The molecule has 0 atom stereocenters. The standard InChI is InChI=1S/C33H31NO5.C25H29NO3/c1-37-27-18-14-25(15-19-27)33(24-10-4-3-5-11-24,26-16-20-28(38-2)21-17-26)39-23-9-8-22-34-31(35)29-12-6-7-13-30(29)32(34)36;1-27-23-14-10-21(11-15-23)25(29-19-7-6-18-26,20-8-4-3-5-9-20)22-12-16-24(28-2)17-13-22/h3-7,10-21H,8-9,22-23H2,1-2H3;3-5,8-17H,6-7,18-19,26H2,1-2H3. The lowest BCUT2D eigenvalue weighted by Gasteiger charge is -2.36. The average molecular weight is 913 g/mol. The first-order valence-corrected chi connectivity index (χ1v) is 22.9. The van der Waals surface area contributed by atoms with Crippen LogP contribution in [0.4, 0.5) is 0 Å². The van der Waals surface area contributed by atoms with E-state index < -0.39 is 11.2 Å². The molecule has 2 amide bonds. The Hall–Kier alpha value is -7.24. The molecule has 0 saturated carbocycles. The number of carbonyl (C=O) groups is 2. The zero-order valence-corrected chi connectivity index (χ0v) is 39.3. The van der Waals surface area contributed by atoms with Crippen LogP contribution in [0, 0.1) is 0 Å². The third-order valence-electron chi connectivity index (χ3n) is 12.2. The molecule has 0 saturated heterocycles. The Kier molecular flexibility index (Phi) is 16.8. The van der Waals surface area contributed by atoms with Crippen LogP contribution in [0.5, 0.6) is 23.0 Å². The first kappa shape index (κ1) is 48.7. The van der Waals surface area contributed by atoms with Crippen molar-refractivity contribution in [1.82, 2.24) is 4.90 Å². The van der Waals surface area contributed by atoms with E-state index in [0.29, 0.717) is 50.3 Å². The zero-order valence-electron chi connectivity index (χ0n) is 39.3. The predicted octanol–water partition coefficient (Wildman–Crippen LogP) is 10.8. The Morgan fingerprint density at radius 2 is 0.676 bits per heavy atom. The third-order valence-corrected chi connectivity index (χ3v) is 12.2. The van der Waals surface area contributed by atoms with Gasteiger partial charge in [-0.1, -0.05) is 121 Å². The van der Waals surface area contributed by atoms with Crippen LogP contribution in [-0.4, -0.2) is 71.5 Å². The quantitative estimate of drug-likeness (QED) is 0.0427. The molecule has 1 aliphatic heterocycles. The van der Waals surface area contributed by atoms with Gasteiger partial charge in [-0.15, -0.1) is 0 Å². The molecule has 8 rings (SSSR count). The Balaban J connectivity index is 0.000000211. The van der Waals surface area contributed by atoms with Crippen molar-refractivity contribution in [3.05, 3.63) is 226 Å². The van der Waals surface area contributed by atoms with Crippen molar-refractivity contribution in [2.24, 2.45) is 5.73 Å². The lowest BCUT2D eigenvalue weighted by atomic mass is 9.80. The summed E-state index contributed by atoms with van der Waals surface area (Å²) >= 11 is 0. The van der Waals surface area contributed by atoms with Gasteiger partial charge in [0.05, 0.1) is 39.6 Å². The van der Waals surface area contributed by atoms with E-state index in [4.69, 9.17) is 34.2 Å². The van der Waals surface area contributed by atoms with Gasteiger partial charge in [-0.05, 0) is 126 Å². The molecular formula is C58H60N2O8. The number of benzene rings is 7. The summed E-state index contributed by atoms with van der Waals surface area (Å²) in [7, 11) is 6.64. The number of hydrogen-bond donors (Lipinski definition) is 1. The highest BCUT2D eigenvalue weighted by Gasteiger charge is 2.40. The van der Waals surface area contributed by atoms with Gasteiger partial charge in [-0.3, -0.25) is 14.5 Å². The van der Waals surface area contributed by atoms with E-state index >= 15 is 0 Å². The van der Waals surface area contributed by atoms with Gasteiger partial charge in [0.1, 0.15) is 34.2 Å². The summed E-state index contributed by atoms with van der Waals surface area (Å²) in [4.78, 5) is 26.8. The summed E-state index contributed by atoms with van der Waals surface area (Å²) in [6.07, 6.45) is 3.11. The van der Waals surface area contributed by atoms with E-state index in [9.17, 15) is 9.59 Å². The molecule has 7 aromatic rings. The first-order valence-electron chi connectivity index (χ1n) is 22.9.